The van der Waals surface area contributed by atoms with E-state index in [4.69, 9.17) is 4.74 Å². The molecule has 0 N–H and O–H groups in total. The van der Waals surface area contributed by atoms with Gasteiger partial charge in [-0.05, 0) is 42.5 Å². The van der Waals surface area contributed by atoms with Crippen molar-refractivity contribution in [2.45, 2.75) is 32.4 Å². The molecular formula is C20H25N3O2. The van der Waals surface area contributed by atoms with E-state index < -0.39 is 0 Å². The van der Waals surface area contributed by atoms with E-state index in [1.807, 2.05) is 60.4 Å². The second-order valence-corrected chi connectivity index (χ2v) is 6.69. The summed E-state index contributed by atoms with van der Waals surface area (Å²) in [6.07, 6.45) is 3.59. The van der Waals surface area contributed by atoms with Crippen molar-refractivity contribution in [1.82, 2.24) is 9.88 Å². The van der Waals surface area contributed by atoms with Gasteiger partial charge in [0.25, 0.3) is 0 Å². The number of aryl methyl sites for hydroxylation is 1. The zero-order valence-corrected chi connectivity index (χ0v) is 15.1. The fourth-order valence-corrected chi connectivity index (χ4v) is 3.26. The monoisotopic (exact) mass is 339 g/mol. The van der Waals surface area contributed by atoms with E-state index in [1.165, 1.54) is 0 Å². The maximum atomic E-state index is 12.6. The highest BCUT2D eigenvalue weighted by Crippen LogP contribution is 2.34. The van der Waals surface area contributed by atoms with Gasteiger partial charge in [0.05, 0.1) is 6.04 Å². The summed E-state index contributed by atoms with van der Waals surface area (Å²) in [7, 11) is 3.95. The summed E-state index contributed by atoms with van der Waals surface area (Å²) in [6, 6.07) is 11.9. The van der Waals surface area contributed by atoms with Crippen LogP contribution in [0.2, 0.25) is 0 Å². The van der Waals surface area contributed by atoms with E-state index in [-0.39, 0.29) is 12.1 Å². The maximum absolute atomic E-state index is 12.6. The molecule has 1 aromatic carbocycles. The van der Waals surface area contributed by atoms with Crippen molar-refractivity contribution in [2.24, 2.45) is 0 Å². The topological polar surface area (TPSA) is 45.7 Å². The van der Waals surface area contributed by atoms with Crippen LogP contribution in [0.1, 0.15) is 35.6 Å². The van der Waals surface area contributed by atoms with Gasteiger partial charge in [0.1, 0.15) is 12.4 Å². The van der Waals surface area contributed by atoms with Gasteiger partial charge in [0.2, 0.25) is 0 Å². The van der Waals surface area contributed by atoms with E-state index >= 15 is 0 Å². The highest BCUT2D eigenvalue weighted by Gasteiger charge is 2.32. The van der Waals surface area contributed by atoms with Gasteiger partial charge in [-0.2, -0.15) is 0 Å². The van der Waals surface area contributed by atoms with Crippen LogP contribution in [-0.4, -0.2) is 36.6 Å². The molecule has 0 bridgehead atoms. The van der Waals surface area contributed by atoms with Gasteiger partial charge in [-0.1, -0.05) is 30.3 Å². The van der Waals surface area contributed by atoms with Crippen LogP contribution in [0.15, 0.2) is 42.6 Å². The molecule has 0 aliphatic carbocycles. The third-order valence-electron chi connectivity index (χ3n) is 4.65. The summed E-state index contributed by atoms with van der Waals surface area (Å²) >= 11 is 0. The van der Waals surface area contributed by atoms with Crippen LogP contribution in [-0.2, 0) is 11.3 Å². The standard InChI is InChI=1S/C20H25N3O2/c1-15-12-19(22(2)3)21-13-17(15)18-10-7-11-23(18)20(24)25-14-16-8-5-4-6-9-16/h4-6,8-9,12-13,18H,7,10-11,14H2,1-3H3. The predicted octanol–water partition coefficient (Wildman–Crippen LogP) is 3.93. The van der Waals surface area contributed by atoms with Crippen molar-refractivity contribution in [1.29, 1.82) is 0 Å². The van der Waals surface area contributed by atoms with Crippen LogP contribution in [0.25, 0.3) is 0 Å². The summed E-state index contributed by atoms with van der Waals surface area (Å²) in [5.74, 6) is 0.928. The summed E-state index contributed by atoms with van der Waals surface area (Å²) < 4.78 is 5.52. The van der Waals surface area contributed by atoms with Gasteiger partial charge >= 0.3 is 6.09 Å². The second-order valence-electron chi connectivity index (χ2n) is 6.69. The van der Waals surface area contributed by atoms with E-state index in [1.54, 1.807) is 0 Å². The minimum Gasteiger partial charge on any atom is -0.445 e. The van der Waals surface area contributed by atoms with Gasteiger partial charge in [-0.15, -0.1) is 0 Å². The molecule has 1 unspecified atom stereocenters. The molecule has 5 heteroatoms. The molecule has 0 radical (unpaired) electrons. The number of anilines is 1. The Morgan fingerprint density at radius 3 is 2.76 bits per heavy atom. The number of benzene rings is 1. The molecular weight excluding hydrogens is 314 g/mol. The van der Waals surface area contributed by atoms with Crippen molar-refractivity contribution < 1.29 is 9.53 Å². The Hall–Kier alpha value is -2.56. The van der Waals surface area contributed by atoms with E-state index in [2.05, 4.69) is 18.0 Å². The van der Waals surface area contributed by atoms with Crippen LogP contribution in [0.5, 0.6) is 0 Å². The van der Waals surface area contributed by atoms with Gasteiger partial charge in [-0.3, -0.25) is 0 Å². The summed E-state index contributed by atoms with van der Waals surface area (Å²) in [5, 5.41) is 0. The summed E-state index contributed by atoms with van der Waals surface area (Å²) in [6.45, 7) is 3.11. The van der Waals surface area contributed by atoms with Crippen molar-refractivity contribution in [3.8, 4) is 0 Å². The number of nitrogens with zero attached hydrogens (tertiary/aromatic N) is 3. The lowest BCUT2D eigenvalue weighted by Crippen LogP contribution is -2.31. The number of amides is 1. The Kier molecular flexibility index (Phi) is 5.22. The van der Waals surface area contributed by atoms with Gasteiger partial charge in [0, 0.05) is 26.8 Å². The van der Waals surface area contributed by atoms with Crippen molar-refractivity contribution in [3.05, 3.63) is 59.3 Å². The molecule has 0 spiro atoms. The highest BCUT2D eigenvalue weighted by molar-refractivity contribution is 5.69. The molecule has 2 heterocycles. The molecule has 1 aliphatic rings. The van der Waals surface area contributed by atoms with Gasteiger partial charge in [0.15, 0.2) is 0 Å². The van der Waals surface area contributed by atoms with Crippen LogP contribution in [0, 0.1) is 6.92 Å². The molecule has 1 aliphatic heterocycles. The minimum absolute atomic E-state index is 0.0481. The Labute approximate surface area is 149 Å². The lowest BCUT2D eigenvalue weighted by Gasteiger charge is -2.26. The Balaban J connectivity index is 1.70. The Bertz CT molecular complexity index is 731. The Morgan fingerprint density at radius 2 is 2.08 bits per heavy atom. The Morgan fingerprint density at radius 1 is 1.32 bits per heavy atom. The number of carbonyl (C=O) groups is 1. The first-order valence-electron chi connectivity index (χ1n) is 8.67. The number of likely N-dealkylation sites (tertiary alicyclic amines) is 1. The molecule has 1 amide bonds. The molecule has 25 heavy (non-hydrogen) atoms. The molecule has 1 atom stereocenters. The van der Waals surface area contributed by atoms with Crippen LogP contribution in [0.4, 0.5) is 10.6 Å². The molecule has 3 rings (SSSR count). The zero-order chi connectivity index (χ0) is 17.8. The van der Waals surface area contributed by atoms with Crippen LogP contribution in [0.3, 0.4) is 0 Å². The molecule has 1 aromatic heterocycles. The lowest BCUT2D eigenvalue weighted by molar-refractivity contribution is 0.0919. The summed E-state index contributed by atoms with van der Waals surface area (Å²) in [4.78, 5) is 20.9. The van der Waals surface area contributed by atoms with Crippen molar-refractivity contribution in [2.75, 3.05) is 25.5 Å². The van der Waals surface area contributed by atoms with Crippen LogP contribution >= 0.6 is 0 Å². The molecule has 0 saturated carbocycles. The van der Waals surface area contributed by atoms with Gasteiger partial charge < -0.3 is 14.5 Å². The van der Waals surface area contributed by atoms with Crippen molar-refractivity contribution in [3.63, 3.8) is 0 Å². The number of hydrogen-bond donors (Lipinski definition) is 0. The lowest BCUT2D eigenvalue weighted by atomic mass is 10.0. The fourth-order valence-electron chi connectivity index (χ4n) is 3.26. The number of ether oxygens (including phenoxy) is 1. The van der Waals surface area contributed by atoms with Crippen molar-refractivity contribution >= 4 is 11.9 Å². The van der Waals surface area contributed by atoms with Gasteiger partial charge in [-0.25, -0.2) is 9.78 Å². The second kappa shape index (κ2) is 7.55. The molecule has 1 fully saturated rings. The average molecular weight is 339 g/mol. The molecule has 5 nitrogen and oxygen atoms in total. The first-order valence-corrected chi connectivity index (χ1v) is 8.67. The first-order chi connectivity index (χ1) is 12.1. The predicted molar refractivity (Wildman–Crippen MR) is 98.6 cm³/mol. The summed E-state index contributed by atoms with van der Waals surface area (Å²) in [5.41, 5.74) is 3.27. The van der Waals surface area contributed by atoms with E-state index in [0.717, 1.165) is 41.9 Å². The molecule has 132 valence electrons. The maximum Gasteiger partial charge on any atom is 0.410 e. The zero-order valence-electron chi connectivity index (χ0n) is 15.1. The third-order valence-corrected chi connectivity index (χ3v) is 4.65. The highest BCUT2D eigenvalue weighted by atomic mass is 16.6. The fraction of sp³-hybridized carbons (Fsp3) is 0.400. The largest absolute Gasteiger partial charge is 0.445 e. The number of hydrogen-bond acceptors (Lipinski definition) is 4. The minimum atomic E-state index is -0.248. The van der Waals surface area contributed by atoms with E-state index in [0.29, 0.717) is 6.61 Å². The average Bonchev–Trinajstić information content (AvgIpc) is 3.10. The van der Waals surface area contributed by atoms with Crippen LogP contribution < -0.4 is 4.90 Å². The number of pyridine rings is 1. The quantitative estimate of drug-likeness (QED) is 0.847. The molecule has 2 aromatic rings. The van der Waals surface area contributed by atoms with E-state index in [9.17, 15) is 4.79 Å². The number of carbonyl (C=O) groups excluding carboxylic acids is 1. The first kappa shape index (κ1) is 17.3. The molecule has 1 saturated heterocycles. The number of rotatable bonds is 4. The third kappa shape index (κ3) is 3.92. The SMILES string of the molecule is Cc1cc(N(C)C)ncc1C1CCCN1C(=O)OCc1ccccc1. The smallest absolute Gasteiger partial charge is 0.410 e. The number of aromatic nitrogens is 1. The normalized spacial score (nSPS) is 16.8.